The molecule has 0 bridgehead atoms. The Labute approximate surface area is 219 Å². The monoisotopic (exact) mass is 528 g/mol. The van der Waals surface area contributed by atoms with Crippen molar-refractivity contribution >= 4 is 38.0 Å². The van der Waals surface area contributed by atoms with E-state index in [1.54, 1.807) is 35.0 Å². The molecule has 5 aromatic rings. The Hall–Kier alpha value is -4.28. The minimum absolute atomic E-state index is 0.142. The number of hydrazone groups is 1. The summed E-state index contributed by atoms with van der Waals surface area (Å²) in [5.74, 6) is 0.369. The van der Waals surface area contributed by atoms with Gasteiger partial charge in [0.15, 0.2) is 0 Å². The maximum Gasteiger partial charge on any atom is 0.263 e. The van der Waals surface area contributed by atoms with Crippen LogP contribution in [0.5, 0.6) is 0 Å². The van der Waals surface area contributed by atoms with Gasteiger partial charge in [0, 0.05) is 17.0 Å². The van der Waals surface area contributed by atoms with Crippen molar-refractivity contribution in [2.45, 2.75) is 18.7 Å². The third-order valence-corrected chi connectivity index (χ3v) is 7.66. The predicted molar refractivity (Wildman–Crippen MR) is 149 cm³/mol. The molecule has 0 spiro atoms. The summed E-state index contributed by atoms with van der Waals surface area (Å²) in [4.78, 5) is 4.71. The lowest BCUT2D eigenvalue weighted by Crippen LogP contribution is -2.16. The molecule has 3 aromatic carbocycles. The van der Waals surface area contributed by atoms with Crippen LogP contribution < -0.4 is 10.1 Å². The van der Waals surface area contributed by atoms with E-state index >= 15 is 0 Å². The van der Waals surface area contributed by atoms with Crippen LogP contribution in [0.25, 0.3) is 16.9 Å². The van der Waals surface area contributed by atoms with E-state index in [4.69, 9.17) is 0 Å². The predicted octanol–water partition coefficient (Wildman–Crippen LogP) is 5.94. The zero-order valence-corrected chi connectivity index (χ0v) is 21.8. The molecule has 8 nitrogen and oxygen atoms in total. The average Bonchev–Trinajstić information content (AvgIpc) is 3.54. The molecule has 2 heterocycles. The minimum Gasteiger partial charge on any atom is -0.263 e. The fraction of sp³-hybridized carbons (Fsp3) is 0.0741. The van der Waals surface area contributed by atoms with E-state index in [-0.39, 0.29) is 4.90 Å². The molecule has 37 heavy (non-hydrogen) atoms. The molecular weight excluding hydrogens is 504 g/mol. The van der Waals surface area contributed by atoms with E-state index in [2.05, 4.69) is 25.3 Å². The number of nitrogens with zero attached hydrogens (tertiary/aromatic N) is 4. The number of aromatic nitrogens is 3. The van der Waals surface area contributed by atoms with Gasteiger partial charge in [-0.25, -0.2) is 18.1 Å². The van der Waals surface area contributed by atoms with E-state index in [0.717, 1.165) is 22.5 Å². The van der Waals surface area contributed by atoms with Crippen LogP contribution in [0, 0.1) is 6.92 Å². The molecule has 5 rings (SSSR count). The lowest BCUT2D eigenvalue weighted by molar-refractivity contribution is 0.600. The van der Waals surface area contributed by atoms with Gasteiger partial charge in [0.25, 0.3) is 10.0 Å². The first-order valence-electron chi connectivity index (χ1n) is 11.5. The fourth-order valence-corrected chi connectivity index (χ4v) is 5.37. The summed E-state index contributed by atoms with van der Waals surface area (Å²) < 4.78 is 30.4. The highest BCUT2D eigenvalue weighted by Crippen LogP contribution is 2.25. The zero-order chi connectivity index (χ0) is 25.8. The summed E-state index contributed by atoms with van der Waals surface area (Å²) in [6.45, 7) is 3.66. The van der Waals surface area contributed by atoms with E-state index in [1.165, 1.54) is 11.3 Å². The van der Waals surface area contributed by atoms with Crippen molar-refractivity contribution in [2.24, 2.45) is 5.10 Å². The van der Waals surface area contributed by atoms with E-state index < -0.39 is 10.0 Å². The van der Waals surface area contributed by atoms with Crippen LogP contribution in [0.2, 0.25) is 0 Å². The Bertz CT molecular complexity index is 1640. The van der Waals surface area contributed by atoms with Crippen LogP contribution in [0.1, 0.15) is 18.2 Å². The van der Waals surface area contributed by atoms with Crippen molar-refractivity contribution in [3.05, 3.63) is 108 Å². The summed E-state index contributed by atoms with van der Waals surface area (Å²) >= 11 is 1.47. The number of hydrogen-bond acceptors (Lipinski definition) is 7. The highest BCUT2D eigenvalue weighted by Gasteiger charge is 2.18. The van der Waals surface area contributed by atoms with Gasteiger partial charge in [0.1, 0.15) is 5.82 Å². The third kappa shape index (κ3) is 5.60. The van der Waals surface area contributed by atoms with Gasteiger partial charge in [0.05, 0.1) is 27.7 Å². The van der Waals surface area contributed by atoms with Gasteiger partial charge in [-0.2, -0.15) is 10.2 Å². The number of anilines is 2. The molecule has 2 N–H and O–H groups in total. The average molecular weight is 529 g/mol. The molecule has 0 saturated heterocycles. The molecule has 2 aromatic heterocycles. The van der Waals surface area contributed by atoms with Crippen LogP contribution in [-0.2, 0) is 10.0 Å². The summed E-state index contributed by atoms with van der Waals surface area (Å²) in [7, 11) is -3.83. The van der Waals surface area contributed by atoms with Crippen molar-refractivity contribution in [1.82, 2.24) is 14.8 Å². The number of sulfonamides is 1. The summed E-state index contributed by atoms with van der Waals surface area (Å²) in [5, 5.41) is 11.5. The SMILES string of the molecule is C/C(=N\Nc1nc(-c2ccccc2)cs1)c1ccc(S(=O)(=O)Nc2cc(C)nn2-c2ccccc2)cc1. The molecule has 0 atom stereocenters. The highest BCUT2D eigenvalue weighted by molar-refractivity contribution is 7.92. The number of aryl methyl sites for hydroxylation is 1. The molecule has 0 aliphatic heterocycles. The van der Waals surface area contributed by atoms with Crippen molar-refractivity contribution in [1.29, 1.82) is 0 Å². The lowest BCUT2D eigenvalue weighted by Gasteiger charge is -2.11. The van der Waals surface area contributed by atoms with E-state index in [0.29, 0.717) is 22.4 Å². The number of thiazole rings is 1. The van der Waals surface area contributed by atoms with Crippen molar-refractivity contribution in [3.63, 3.8) is 0 Å². The fourth-order valence-electron chi connectivity index (χ4n) is 3.67. The quantitative estimate of drug-likeness (QED) is 0.192. The summed E-state index contributed by atoms with van der Waals surface area (Å²) in [6.07, 6.45) is 0. The number of para-hydroxylation sites is 1. The molecule has 186 valence electrons. The lowest BCUT2D eigenvalue weighted by atomic mass is 10.1. The third-order valence-electron chi connectivity index (χ3n) is 5.55. The van der Waals surface area contributed by atoms with Crippen LogP contribution in [-0.4, -0.2) is 28.9 Å². The molecule has 0 fully saturated rings. The van der Waals surface area contributed by atoms with Crippen molar-refractivity contribution < 1.29 is 8.42 Å². The van der Waals surface area contributed by atoms with Crippen LogP contribution in [0.4, 0.5) is 10.9 Å². The largest absolute Gasteiger partial charge is 0.263 e. The Morgan fingerprint density at radius 2 is 1.62 bits per heavy atom. The van der Waals surface area contributed by atoms with Gasteiger partial charge in [-0.3, -0.25) is 10.1 Å². The smallest absolute Gasteiger partial charge is 0.263 e. The molecule has 0 saturated carbocycles. The second-order valence-electron chi connectivity index (χ2n) is 8.26. The topological polar surface area (TPSA) is 101 Å². The van der Waals surface area contributed by atoms with Gasteiger partial charge in [0.2, 0.25) is 5.13 Å². The molecule has 0 unspecified atom stereocenters. The Morgan fingerprint density at radius 3 is 2.32 bits per heavy atom. The molecule has 10 heteroatoms. The normalized spacial score (nSPS) is 11.9. The summed E-state index contributed by atoms with van der Waals surface area (Å²) in [5.41, 5.74) is 7.87. The Balaban J connectivity index is 1.29. The van der Waals surface area contributed by atoms with E-state index in [1.807, 2.05) is 79.9 Å². The number of rotatable bonds is 8. The van der Waals surface area contributed by atoms with E-state index in [9.17, 15) is 8.42 Å². The zero-order valence-electron chi connectivity index (χ0n) is 20.2. The van der Waals surface area contributed by atoms with Gasteiger partial charge < -0.3 is 0 Å². The Morgan fingerprint density at radius 1 is 0.946 bits per heavy atom. The van der Waals surface area contributed by atoms with Crippen LogP contribution in [0.3, 0.4) is 0 Å². The number of nitrogens with one attached hydrogen (secondary N) is 2. The maximum atomic E-state index is 13.1. The number of benzene rings is 3. The second-order valence-corrected chi connectivity index (χ2v) is 10.8. The molecule has 0 aliphatic rings. The van der Waals surface area contributed by atoms with Crippen LogP contribution >= 0.6 is 11.3 Å². The van der Waals surface area contributed by atoms with Crippen molar-refractivity contribution in [3.8, 4) is 16.9 Å². The molecule has 0 aliphatic carbocycles. The van der Waals surface area contributed by atoms with Crippen LogP contribution in [0.15, 0.2) is 106 Å². The van der Waals surface area contributed by atoms with Gasteiger partial charge in [-0.05, 0) is 43.7 Å². The number of hydrogen-bond donors (Lipinski definition) is 2. The molecule has 0 radical (unpaired) electrons. The highest BCUT2D eigenvalue weighted by atomic mass is 32.2. The van der Waals surface area contributed by atoms with Crippen molar-refractivity contribution in [2.75, 3.05) is 10.1 Å². The first kappa shape index (κ1) is 24.4. The maximum absolute atomic E-state index is 13.1. The minimum atomic E-state index is -3.83. The standard InChI is InChI=1S/C27H24N6O2S2/c1-19-17-26(33(31-19)23-11-7-4-8-12-23)32-37(34,35)24-15-13-21(14-16-24)20(2)29-30-27-28-25(18-36-27)22-9-5-3-6-10-22/h3-18,32H,1-2H3,(H,28,30)/b29-20+. The Kier molecular flexibility index (Phi) is 6.85. The molecule has 0 amide bonds. The first-order chi connectivity index (χ1) is 17.9. The summed E-state index contributed by atoms with van der Waals surface area (Å²) in [6, 6.07) is 27.6. The van der Waals surface area contributed by atoms with Gasteiger partial charge in [-0.1, -0.05) is 60.7 Å². The first-order valence-corrected chi connectivity index (χ1v) is 13.8. The second kappa shape index (κ2) is 10.4. The molecular formula is C27H24N6O2S2. The van der Waals surface area contributed by atoms with Gasteiger partial charge >= 0.3 is 0 Å². The van der Waals surface area contributed by atoms with Gasteiger partial charge in [-0.15, -0.1) is 11.3 Å².